The van der Waals surface area contributed by atoms with Crippen molar-refractivity contribution >= 4 is 5.57 Å². The highest BCUT2D eigenvalue weighted by Crippen LogP contribution is 2.18. The van der Waals surface area contributed by atoms with Crippen LogP contribution in [-0.2, 0) is 0 Å². The van der Waals surface area contributed by atoms with Gasteiger partial charge in [-0.05, 0) is 42.3 Å². The third-order valence-electron chi connectivity index (χ3n) is 3.81. The van der Waals surface area contributed by atoms with Crippen LogP contribution in [0.3, 0.4) is 0 Å². The number of hydrogen-bond donors (Lipinski definition) is 1. The van der Waals surface area contributed by atoms with Crippen LogP contribution >= 0.6 is 0 Å². The average molecular weight is 315 g/mol. The van der Waals surface area contributed by atoms with Crippen molar-refractivity contribution in [3.8, 4) is 11.5 Å². The van der Waals surface area contributed by atoms with Crippen LogP contribution < -0.4 is 9.47 Å². The number of nitrogens with one attached hydrogen (secondary N) is 1. The molecule has 122 valence electrons. The van der Waals surface area contributed by atoms with Gasteiger partial charge in [-0.2, -0.15) is 5.21 Å². The number of H-pyrrole nitrogens is 1. The molecule has 2 heterocycles. The first-order valence-corrected chi connectivity index (χ1v) is 7.77. The van der Waals surface area contributed by atoms with Crippen LogP contribution in [0.15, 0.2) is 30.3 Å². The van der Waals surface area contributed by atoms with Gasteiger partial charge in [0, 0.05) is 25.2 Å². The van der Waals surface area contributed by atoms with Crippen molar-refractivity contribution < 1.29 is 9.47 Å². The van der Waals surface area contributed by atoms with E-state index in [9.17, 15) is 0 Å². The maximum atomic E-state index is 5.76. The predicted molar refractivity (Wildman–Crippen MR) is 86.3 cm³/mol. The Morgan fingerprint density at radius 2 is 2.04 bits per heavy atom. The Labute approximate surface area is 135 Å². The molecule has 0 amide bonds. The van der Waals surface area contributed by atoms with Crippen LogP contribution in [0, 0.1) is 0 Å². The van der Waals surface area contributed by atoms with Crippen LogP contribution in [0.1, 0.15) is 18.7 Å². The average Bonchev–Trinajstić information content (AvgIpc) is 3.14. The molecule has 0 bridgehead atoms. The van der Waals surface area contributed by atoms with Crippen LogP contribution in [-0.4, -0.2) is 58.9 Å². The summed E-state index contributed by atoms with van der Waals surface area (Å²) in [6.45, 7) is 3.61. The maximum absolute atomic E-state index is 5.76. The SMILES string of the molecule is COc1ccc(OCCCN2CCC=C(c3nn[nH]n3)C2)cc1. The smallest absolute Gasteiger partial charge is 0.201 e. The Bertz CT molecular complexity index is 624. The third-order valence-corrected chi connectivity index (χ3v) is 3.81. The third kappa shape index (κ3) is 4.29. The molecule has 1 N–H and O–H groups in total. The molecule has 0 aliphatic carbocycles. The summed E-state index contributed by atoms with van der Waals surface area (Å²) in [5, 5.41) is 14.2. The summed E-state index contributed by atoms with van der Waals surface area (Å²) in [6, 6.07) is 7.66. The van der Waals surface area contributed by atoms with Gasteiger partial charge in [-0.3, -0.25) is 4.90 Å². The van der Waals surface area contributed by atoms with Gasteiger partial charge in [0.25, 0.3) is 0 Å². The zero-order valence-corrected chi connectivity index (χ0v) is 13.2. The quantitative estimate of drug-likeness (QED) is 0.785. The van der Waals surface area contributed by atoms with E-state index in [1.54, 1.807) is 7.11 Å². The Balaban J connectivity index is 1.40. The molecule has 3 rings (SSSR count). The van der Waals surface area contributed by atoms with Crippen LogP contribution in [0.2, 0.25) is 0 Å². The molecule has 23 heavy (non-hydrogen) atoms. The van der Waals surface area contributed by atoms with Gasteiger partial charge in [-0.15, -0.1) is 10.2 Å². The van der Waals surface area contributed by atoms with Gasteiger partial charge in [0.2, 0.25) is 5.82 Å². The van der Waals surface area contributed by atoms with E-state index in [0.29, 0.717) is 12.4 Å². The number of ether oxygens (including phenoxy) is 2. The molecule has 1 aliphatic rings. The monoisotopic (exact) mass is 315 g/mol. The number of aromatic nitrogens is 4. The highest BCUT2D eigenvalue weighted by molar-refractivity contribution is 5.61. The topological polar surface area (TPSA) is 76.2 Å². The van der Waals surface area contributed by atoms with E-state index in [1.165, 1.54) is 0 Å². The number of rotatable bonds is 7. The Kier molecular flexibility index (Phi) is 5.21. The summed E-state index contributed by atoms with van der Waals surface area (Å²) in [6.07, 6.45) is 4.18. The van der Waals surface area contributed by atoms with Crippen molar-refractivity contribution in [3.05, 3.63) is 36.2 Å². The van der Waals surface area contributed by atoms with Crippen molar-refractivity contribution in [1.29, 1.82) is 0 Å². The largest absolute Gasteiger partial charge is 0.497 e. The predicted octanol–water partition coefficient (Wildman–Crippen LogP) is 1.77. The molecule has 0 unspecified atom stereocenters. The number of tetrazole rings is 1. The Hall–Kier alpha value is -2.41. The molecule has 0 spiro atoms. The van der Waals surface area contributed by atoms with Gasteiger partial charge in [-0.1, -0.05) is 6.08 Å². The number of aromatic amines is 1. The van der Waals surface area contributed by atoms with Crippen molar-refractivity contribution in [2.45, 2.75) is 12.8 Å². The minimum Gasteiger partial charge on any atom is -0.497 e. The molecule has 1 aromatic carbocycles. The summed E-state index contributed by atoms with van der Waals surface area (Å²) in [4.78, 5) is 2.39. The second-order valence-corrected chi connectivity index (χ2v) is 5.41. The first kappa shape index (κ1) is 15.5. The molecule has 0 atom stereocenters. The van der Waals surface area contributed by atoms with E-state index >= 15 is 0 Å². The van der Waals surface area contributed by atoms with E-state index in [4.69, 9.17) is 9.47 Å². The zero-order valence-electron chi connectivity index (χ0n) is 13.2. The van der Waals surface area contributed by atoms with E-state index < -0.39 is 0 Å². The maximum Gasteiger partial charge on any atom is 0.201 e. The second kappa shape index (κ2) is 7.73. The molecule has 1 aliphatic heterocycles. The molecule has 2 aromatic rings. The number of benzene rings is 1. The first-order chi connectivity index (χ1) is 11.3. The van der Waals surface area contributed by atoms with E-state index in [0.717, 1.165) is 49.5 Å². The van der Waals surface area contributed by atoms with Gasteiger partial charge in [-0.25, -0.2) is 0 Å². The lowest BCUT2D eigenvalue weighted by atomic mass is 10.1. The van der Waals surface area contributed by atoms with Crippen LogP contribution in [0.4, 0.5) is 0 Å². The van der Waals surface area contributed by atoms with Gasteiger partial charge >= 0.3 is 0 Å². The van der Waals surface area contributed by atoms with Gasteiger partial charge in [0.15, 0.2) is 0 Å². The number of methoxy groups -OCH3 is 1. The van der Waals surface area contributed by atoms with E-state index in [-0.39, 0.29) is 0 Å². The first-order valence-electron chi connectivity index (χ1n) is 7.77. The van der Waals surface area contributed by atoms with Gasteiger partial charge in [0.05, 0.1) is 13.7 Å². The lowest BCUT2D eigenvalue weighted by Crippen LogP contribution is -2.31. The molecule has 0 fully saturated rings. The van der Waals surface area contributed by atoms with E-state index in [2.05, 4.69) is 31.6 Å². The highest BCUT2D eigenvalue weighted by Gasteiger charge is 2.16. The minimum atomic E-state index is 0.698. The molecule has 7 heteroatoms. The highest BCUT2D eigenvalue weighted by atomic mass is 16.5. The molecule has 7 nitrogen and oxygen atoms in total. The Morgan fingerprint density at radius 1 is 1.22 bits per heavy atom. The lowest BCUT2D eigenvalue weighted by Gasteiger charge is -2.25. The molecular weight excluding hydrogens is 294 g/mol. The van der Waals surface area contributed by atoms with Crippen molar-refractivity contribution in [1.82, 2.24) is 25.5 Å². The fourth-order valence-corrected chi connectivity index (χ4v) is 2.61. The normalized spacial score (nSPS) is 15.3. The van der Waals surface area contributed by atoms with Crippen LogP contribution in [0.25, 0.3) is 5.57 Å². The van der Waals surface area contributed by atoms with Gasteiger partial charge in [0.1, 0.15) is 11.5 Å². The summed E-state index contributed by atoms with van der Waals surface area (Å²) < 4.78 is 10.9. The molecule has 0 saturated heterocycles. The summed E-state index contributed by atoms with van der Waals surface area (Å²) in [5.41, 5.74) is 1.14. The second-order valence-electron chi connectivity index (χ2n) is 5.41. The number of hydrogen-bond acceptors (Lipinski definition) is 6. The Morgan fingerprint density at radius 3 is 2.78 bits per heavy atom. The zero-order chi connectivity index (χ0) is 15.9. The fourth-order valence-electron chi connectivity index (χ4n) is 2.61. The van der Waals surface area contributed by atoms with Gasteiger partial charge < -0.3 is 9.47 Å². The van der Waals surface area contributed by atoms with Crippen molar-refractivity contribution in [2.24, 2.45) is 0 Å². The summed E-state index contributed by atoms with van der Waals surface area (Å²) in [5.74, 6) is 2.41. The van der Waals surface area contributed by atoms with Crippen molar-refractivity contribution in [2.75, 3.05) is 33.4 Å². The summed E-state index contributed by atoms with van der Waals surface area (Å²) >= 11 is 0. The number of nitrogens with zero attached hydrogens (tertiary/aromatic N) is 4. The lowest BCUT2D eigenvalue weighted by molar-refractivity contribution is 0.249. The van der Waals surface area contributed by atoms with Crippen LogP contribution in [0.5, 0.6) is 11.5 Å². The van der Waals surface area contributed by atoms with Crippen molar-refractivity contribution in [3.63, 3.8) is 0 Å². The molecule has 1 aromatic heterocycles. The minimum absolute atomic E-state index is 0.698. The summed E-state index contributed by atoms with van der Waals surface area (Å²) in [7, 11) is 1.66. The molecule has 0 saturated carbocycles. The molecule has 0 radical (unpaired) electrons. The fraction of sp³-hybridized carbons (Fsp3) is 0.438. The standard InChI is InChI=1S/C16H21N5O2/c1-22-14-5-7-15(8-6-14)23-11-3-10-21-9-2-4-13(12-21)16-17-19-20-18-16/h4-8H,2-3,9-12H2,1H3,(H,17,18,19,20). The molecular formula is C16H21N5O2. The van der Waals surface area contributed by atoms with E-state index in [1.807, 2.05) is 24.3 Å².